The zero-order valence-electron chi connectivity index (χ0n) is 16.7. The van der Waals surface area contributed by atoms with Crippen LogP contribution in [0.25, 0.3) is 0 Å². The van der Waals surface area contributed by atoms with E-state index in [2.05, 4.69) is 53.7 Å². The Bertz CT molecular complexity index is 667. The summed E-state index contributed by atoms with van der Waals surface area (Å²) in [4.78, 5) is 4.66. The number of rotatable bonds is 6. The minimum Gasteiger partial charge on any atom is -0.354 e. The third kappa shape index (κ3) is 6.17. The molecule has 0 aromatic heterocycles. The van der Waals surface area contributed by atoms with Crippen molar-refractivity contribution in [2.45, 2.75) is 76.1 Å². The van der Waals surface area contributed by atoms with E-state index < -0.39 is 10.8 Å². The van der Waals surface area contributed by atoms with Crippen LogP contribution in [0.1, 0.15) is 63.0 Å². The molecule has 0 radical (unpaired) electrons. The van der Waals surface area contributed by atoms with Crippen LogP contribution in [-0.4, -0.2) is 39.8 Å². The van der Waals surface area contributed by atoms with Gasteiger partial charge in [0.2, 0.25) is 0 Å². The molecule has 0 saturated heterocycles. The van der Waals surface area contributed by atoms with E-state index in [0.29, 0.717) is 23.3 Å². The maximum absolute atomic E-state index is 12.2. The third-order valence-electron chi connectivity index (χ3n) is 5.64. The fraction of sp³-hybridized carbons (Fsp3) is 0.667. The highest BCUT2D eigenvalue weighted by atomic mass is 127. The smallest absolute Gasteiger partial charge is 0.191 e. The fourth-order valence-electron chi connectivity index (χ4n) is 4.11. The van der Waals surface area contributed by atoms with Gasteiger partial charge >= 0.3 is 0 Å². The number of benzene rings is 1. The summed E-state index contributed by atoms with van der Waals surface area (Å²) in [5, 5.41) is 7.61. The molecule has 0 heterocycles. The molecule has 2 saturated carbocycles. The fourth-order valence-corrected chi connectivity index (χ4v) is 5.46. The van der Waals surface area contributed by atoms with Crippen LogP contribution in [0.2, 0.25) is 0 Å². The minimum absolute atomic E-state index is 0. The van der Waals surface area contributed by atoms with Crippen LogP contribution in [0.5, 0.6) is 0 Å². The Balaban J connectivity index is 0.00000261. The van der Waals surface area contributed by atoms with Crippen LogP contribution >= 0.6 is 24.0 Å². The number of hydrogen-bond acceptors (Lipinski definition) is 2. The first-order valence-electron chi connectivity index (χ1n) is 10.1. The van der Waals surface area contributed by atoms with Crippen LogP contribution in [0.3, 0.4) is 0 Å². The molecule has 0 amide bonds. The van der Waals surface area contributed by atoms with Gasteiger partial charge in [-0.25, -0.2) is 0 Å². The number of nitrogens with zero attached hydrogens (tertiary/aromatic N) is 1. The van der Waals surface area contributed by atoms with E-state index in [1.54, 1.807) is 0 Å². The second kappa shape index (κ2) is 10.8. The average Bonchev–Trinajstić information content (AvgIpc) is 3.40. The average molecular weight is 503 g/mol. The summed E-state index contributed by atoms with van der Waals surface area (Å²) in [5.74, 6) is 2.29. The van der Waals surface area contributed by atoms with E-state index in [9.17, 15) is 4.21 Å². The predicted octanol–water partition coefficient (Wildman–Crippen LogP) is 4.10. The normalized spacial score (nSPS) is 28.8. The molecule has 152 valence electrons. The molecule has 1 aromatic rings. The van der Waals surface area contributed by atoms with E-state index >= 15 is 0 Å². The van der Waals surface area contributed by atoms with E-state index in [-0.39, 0.29) is 24.0 Å². The van der Waals surface area contributed by atoms with Crippen molar-refractivity contribution in [3.05, 3.63) is 35.4 Å². The van der Waals surface area contributed by atoms with Gasteiger partial charge in [-0.2, -0.15) is 0 Å². The number of hydrogen-bond donors (Lipinski definition) is 2. The van der Waals surface area contributed by atoms with Gasteiger partial charge in [0.1, 0.15) is 0 Å². The van der Waals surface area contributed by atoms with Gasteiger partial charge in [0.25, 0.3) is 0 Å². The largest absolute Gasteiger partial charge is 0.354 e. The highest BCUT2D eigenvalue weighted by Gasteiger charge is 2.40. The molecule has 4 nitrogen and oxygen atoms in total. The monoisotopic (exact) mass is 503 g/mol. The SMILES string of the molecule is CCN=C(NC1CCCC(S(=O)CC)C1)NC1CC1c1ccccc1C.I. The summed E-state index contributed by atoms with van der Waals surface area (Å²) < 4.78 is 12.2. The highest BCUT2D eigenvalue weighted by Crippen LogP contribution is 2.42. The summed E-state index contributed by atoms with van der Waals surface area (Å²) in [6.45, 7) is 7.07. The summed E-state index contributed by atoms with van der Waals surface area (Å²) in [6.07, 6.45) is 5.57. The molecule has 2 aliphatic carbocycles. The van der Waals surface area contributed by atoms with Crippen LogP contribution in [0, 0.1) is 6.92 Å². The lowest BCUT2D eigenvalue weighted by Gasteiger charge is -2.30. The first-order valence-corrected chi connectivity index (χ1v) is 11.5. The number of nitrogens with one attached hydrogen (secondary N) is 2. The molecule has 2 aliphatic rings. The molecular weight excluding hydrogens is 469 g/mol. The molecule has 3 rings (SSSR count). The molecule has 5 atom stereocenters. The van der Waals surface area contributed by atoms with Crippen molar-refractivity contribution in [1.82, 2.24) is 10.6 Å². The van der Waals surface area contributed by atoms with Crippen molar-refractivity contribution in [3.63, 3.8) is 0 Å². The lowest BCUT2D eigenvalue weighted by atomic mass is 9.95. The van der Waals surface area contributed by atoms with Crippen molar-refractivity contribution >= 4 is 40.7 Å². The zero-order valence-corrected chi connectivity index (χ0v) is 19.9. The molecule has 6 heteroatoms. The van der Waals surface area contributed by atoms with Gasteiger partial charge in [0, 0.05) is 46.3 Å². The van der Waals surface area contributed by atoms with Crippen molar-refractivity contribution in [2.24, 2.45) is 4.99 Å². The van der Waals surface area contributed by atoms with Crippen LogP contribution in [0.4, 0.5) is 0 Å². The van der Waals surface area contributed by atoms with Gasteiger partial charge in [-0.15, -0.1) is 24.0 Å². The molecule has 1 aromatic carbocycles. The number of halogens is 1. The maximum Gasteiger partial charge on any atom is 0.191 e. The van der Waals surface area contributed by atoms with Gasteiger partial charge in [-0.1, -0.05) is 37.6 Å². The number of guanidine groups is 1. The van der Waals surface area contributed by atoms with Gasteiger partial charge in [0.15, 0.2) is 5.96 Å². The molecular formula is C21H34IN3OS. The van der Waals surface area contributed by atoms with E-state index in [1.165, 1.54) is 17.5 Å². The van der Waals surface area contributed by atoms with Gasteiger partial charge in [0.05, 0.1) is 0 Å². The summed E-state index contributed by atoms with van der Waals surface area (Å²) >= 11 is 0. The summed E-state index contributed by atoms with van der Waals surface area (Å²) in [7, 11) is -0.685. The topological polar surface area (TPSA) is 53.5 Å². The first kappa shape index (κ1) is 22.7. The molecule has 27 heavy (non-hydrogen) atoms. The molecule has 2 fully saturated rings. The lowest BCUT2D eigenvalue weighted by Crippen LogP contribution is -2.47. The second-order valence-corrected chi connectivity index (χ2v) is 9.58. The predicted molar refractivity (Wildman–Crippen MR) is 127 cm³/mol. The third-order valence-corrected chi connectivity index (χ3v) is 7.38. The highest BCUT2D eigenvalue weighted by molar-refractivity contribution is 14.0. The Hall–Kier alpha value is -0.630. The molecule has 2 N–H and O–H groups in total. The van der Waals surface area contributed by atoms with E-state index in [0.717, 1.165) is 43.9 Å². The van der Waals surface area contributed by atoms with E-state index in [4.69, 9.17) is 0 Å². The quantitative estimate of drug-likeness (QED) is 0.349. The minimum atomic E-state index is -0.685. The van der Waals surface area contributed by atoms with Crippen molar-refractivity contribution in [1.29, 1.82) is 0 Å². The lowest BCUT2D eigenvalue weighted by molar-refractivity contribution is 0.413. The van der Waals surface area contributed by atoms with Gasteiger partial charge in [-0.3, -0.25) is 9.20 Å². The van der Waals surface area contributed by atoms with Crippen LogP contribution < -0.4 is 10.6 Å². The Morgan fingerprint density at radius 1 is 1.19 bits per heavy atom. The molecule has 0 bridgehead atoms. The van der Waals surface area contributed by atoms with Crippen molar-refractivity contribution in [2.75, 3.05) is 12.3 Å². The van der Waals surface area contributed by atoms with Gasteiger partial charge in [-0.05, 0) is 50.7 Å². The number of aliphatic imine (C=N–C) groups is 1. The molecule has 0 aliphatic heterocycles. The Morgan fingerprint density at radius 2 is 1.96 bits per heavy atom. The summed E-state index contributed by atoms with van der Waals surface area (Å²) in [6, 6.07) is 9.54. The van der Waals surface area contributed by atoms with E-state index in [1.807, 2.05) is 6.92 Å². The maximum atomic E-state index is 12.2. The second-order valence-electron chi connectivity index (χ2n) is 7.57. The Kier molecular flexibility index (Phi) is 9.05. The molecule has 0 spiro atoms. The number of aryl methyl sites for hydroxylation is 1. The van der Waals surface area contributed by atoms with Crippen molar-refractivity contribution < 1.29 is 4.21 Å². The zero-order chi connectivity index (χ0) is 18.5. The Morgan fingerprint density at radius 3 is 2.67 bits per heavy atom. The van der Waals surface area contributed by atoms with Crippen LogP contribution in [0.15, 0.2) is 29.3 Å². The standard InChI is InChI=1S/C21H33N3OS.HI/c1-4-22-21(23-16-10-8-11-17(13-16)26(25)5-2)24-20-14-19(20)18-12-7-6-9-15(18)3;/h6-7,9,12,16-17,19-20H,4-5,8,10-11,13-14H2,1-3H3,(H2,22,23,24);1H. The van der Waals surface area contributed by atoms with Crippen molar-refractivity contribution in [3.8, 4) is 0 Å². The van der Waals surface area contributed by atoms with Gasteiger partial charge < -0.3 is 10.6 Å². The first-order chi connectivity index (χ1) is 12.6. The Labute approximate surface area is 183 Å². The van der Waals surface area contributed by atoms with Crippen LogP contribution in [-0.2, 0) is 10.8 Å². The summed E-state index contributed by atoms with van der Waals surface area (Å²) in [5.41, 5.74) is 2.83. The molecule has 5 unspecified atom stereocenters.